The van der Waals surface area contributed by atoms with E-state index in [0.29, 0.717) is 5.69 Å². The summed E-state index contributed by atoms with van der Waals surface area (Å²) in [6.45, 7) is 0.0261. The topological polar surface area (TPSA) is 123 Å². The lowest BCUT2D eigenvalue weighted by atomic mass is 10.1. The van der Waals surface area contributed by atoms with Crippen LogP contribution >= 0.6 is 0 Å². The molecule has 1 heterocycles. The molecule has 2 aromatic carbocycles. The first-order valence-electron chi connectivity index (χ1n) is 10.2. The Labute approximate surface area is 192 Å². The Balaban J connectivity index is 1.55. The molecule has 0 spiro atoms. The third-order valence-corrected chi connectivity index (χ3v) is 6.08. The van der Waals surface area contributed by atoms with Crippen molar-refractivity contribution >= 4 is 33.0 Å². The summed E-state index contributed by atoms with van der Waals surface area (Å²) in [5.41, 5.74) is 2.88. The van der Waals surface area contributed by atoms with Gasteiger partial charge in [-0.15, -0.1) is 0 Å². The number of nitro benzene ring substituents is 1. The Hall–Kier alpha value is -3.79. The van der Waals surface area contributed by atoms with E-state index in [0.717, 1.165) is 28.1 Å². The van der Waals surface area contributed by atoms with Crippen molar-refractivity contribution in [1.82, 2.24) is 4.98 Å². The number of benzene rings is 2. The molecule has 0 aliphatic rings. The summed E-state index contributed by atoms with van der Waals surface area (Å²) < 4.78 is 25.5. The van der Waals surface area contributed by atoms with Crippen LogP contribution in [0.15, 0.2) is 73.1 Å². The summed E-state index contributed by atoms with van der Waals surface area (Å²) >= 11 is 0. The van der Waals surface area contributed by atoms with Gasteiger partial charge in [-0.25, -0.2) is 8.42 Å². The van der Waals surface area contributed by atoms with Crippen LogP contribution in [-0.4, -0.2) is 37.0 Å². The zero-order chi connectivity index (χ0) is 23.8. The third kappa shape index (κ3) is 7.11. The molecule has 1 N–H and O–H groups in total. The highest BCUT2D eigenvalue weighted by Crippen LogP contribution is 2.23. The molecular weight excluding hydrogens is 444 g/mol. The van der Waals surface area contributed by atoms with Crippen molar-refractivity contribution in [2.24, 2.45) is 0 Å². The highest BCUT2D eigenvalue weighted by molar-refractivity contribution is 7.92. The second-order valence-electron chi connectivity index (χ2n) is 7.49. The quantitative estimate of drug-likeness (QED) is 0.357. The minimum absolute atomic E-state index is 0.0261. The molecule has 0 saturated carbocycles. The number of rotatable bonds is 10. The Kier molecular flexibility index (Phi) is 7.73. The van der Waals surface area contributed by atoms with Gasteiger partial charge in [0.2, 0.25) is 15.9 Å². The van der Waals surface area contributed by atoms with E-state index in [4.69, 9.17) is 0 Å². The Morgan fingerprint density at radius 1 is 1.06 bits per heavy atom. The van der Waals surface area contributed by atoms with Gasteiger partial charge in [0, 0.05) is 43.2 Å². The van der Waals surface area contributed by atoms with Crippen molar-refractivity contribution in [2.45, 2.75) is 19.3 Å². The normalized spacial score (nSPS) is 11.1. The summed E-state index contributed by atoms with van der Waals surface area (Å²) in [6, 6.07) is 16.8. The van der Waals surface area contributed by atoms with Gasteiger partial charge in [0.25, 0.3) is 5.69 Å². The number of pyridine rings is 1. The molecule has 1 aromatic heterocycles. The van der Waals surface area contributed by atoms with Crippen molar-refractivity contribution in [3.05, 3.63) is 94.3 Å². The maximum absolute atomic E-state index is 12.3. The summed E-state index contributed by atoms with van der Waals surface area (Å²) in [5, 5.41) is 13.8. The Bertz CT molecular complexity index is 1220. The van der Waals surface area contributed by atoms with Crippen molar-refractivity contribution < 1.29 is 18.1 Å². The van der Waals surface area contributed by atoms with E-state index in [1.54, 1.807) is 12.4 Å². The molecule has 3 rings (SSSR count). The second-order valence-corrected chi connectivity index (χ2v) is 9.40. The van der Waals surface area contributed by atoms with Gasteiger partial charge < -0.3 is 5.32 Å². The van der Waals surface area contributed by atoms with Crippen molar-refractivity contribution in [3.63, 3.8) is 0 Å². The number of aromatic nitrogens is 1. The molecule has 9 nitrogen and oxygen atoms in total. The van der Waals surface area contributed by atoms with E-state index in [2.05, 4.69) is 10.3 Å². The number of nitrogens with one attached hydrogen (secondary N) is 1. The molecule has 3 aromatic rings. The zero-order valence-corrected chi connectivity index (χ0v) is 18.9. The lowest BCUT2D eigenvalue weighted by molar-refractivity contribution is -0.384. The van der Waals surface area contributed by atoms with Crippen LogP contribution in [0.5, 0.6) is 0 Å². The maximum Gasteiger partial charge on any atom is 0.271 e. The summed E-state index contributed by atoms with van der Waals surface area (Å²) in [5.74, 6) is -0.246. The van der Waals surface area contributed by atoms with Crippen LogP contribution in [-0.2, 0) is 21.2 Å². The smallest absolute Gasteiger partial charge is 0.271 e. The van der Waals surface area contributed by atoms with Crippen molar-refractivity contribution in [1.29, 1.82) is 0 Å². The molecule has 0 aliphatic heterocycles. The van der Waals surface area contributed by atoms with Gasteiger partial charge in [0.15, 0.2) is 0 Å². The Morgan fingerprint density at radius 2 is 1.73 bits per heavy atom. The molecular formula is C23H24N4O5S. The van der Waals surface area contributed by atoms with Crippen LogP contribution in [0.4, 0.5) is 17.1 Å². The van der Waals surface area contributed by atoms with E-state index in [1.165, 1.54) is 24.3 Å². The fraction of sp³-hybridized carbons (Fsp3) is 0.217. The molecule has 10 heteroatoms. The van der Waals surface area contributed by atoms with E-state index < -0.39 is 14.9 Å². The van der Waals surface area contributed by atoms with Crippen LogP contribution in [0, 0.1) is 10.1 Å². The van der Waals surface area contributed by atoms with Crippen molar-refractivity contribution in [2.75, 3.05) is 22.4 Å². The number of sulfonamides is 1. The number of carbonyl (C=O) groups excluding carboxylic acids is 1. The monoisotopic (exact) mass is 468 g/mol. The van der Waals surface area contributed by atoms with E-state index in [1.807, 2.05) is 36.4 Å². The molecule has 0 atom stereocenters. The second kappa shape index (κ2) is 10.7. The lowest BCUT2D eigenvalue weighted by Gasteiger charge is -2.22. The van der Waals surface area contributed by atoms with E-state index in [9.17, 15) is 23.3 Å². The molecule has 0 aliphatic carbocycles. The fourth-order valence-corrected chi connectivity index (χ4v) is 4.25. The first kappa shape index (κ1) is 23.9. The van der Waals surface area contributed by atoms with Gasteiger partial charge >= 0.3 is 0 Å². The lowest BCUT2D eigenvalue weighted by Crippen LogP contribution is -2.31. The third-order valence-electron chi connectivity index (χ3n) is 4.89. The van der Waals surface area contributed by atoms with Gasteiger partial charge in [0.1, 0.15) is 0 Å². The van der Waals surface area contributed by atoms with Crippen LogP contribution in [0.25, 0.3) is 0 Å². The summed E-state index contributed by atoms with van der Waals surface area (Å²) in [4.78, 5) is 26.7. The van der Waals surface area contributed by atoms with Gasteiger partial charge in [-0.1, -0.05) is 18.2 Å². The van der Waals surface area contributed by atoms with Crippen LogP contribution in [0.2, 0.25) is 0 Å². The molecule has 0 bridgehead atoms. The fourth-order valence-electron chi connectivity index (χ4n) is 3.30. The highest BCUT2D eigenvalue weighted by atomic mass is 32.2. The van der Waals surface area contributed by atoms with Crippen molar-refractivity contribution in [3.8, 4) is 0 Å². The minimum atomic E-state index is -3.67. The maximum atomic E-state index is 12.3. The number of hydrogen-bond donors (Lipinski definition) is 1. The number of carbonyl (C=O) groups is 1. The first-order chi connectivity index (χ1) is 15.7. The van der Waals surface area contributed by atoms with Gasteiger partial charge in [-0.3, -0.25) is 24.2 Å². The highest BCUT2D eigenvalue weighted by Gasteiger charge is 2.20. The number of anilines is 2. The van der Waals surface area contributed by atoms with Gasteiger partial charge in [-0.05, 0) is 54.3 Å². The average molecular weight is 469 g/mol. The van der Waals surface area contributed by atoms with Crippen LogP contribution < -0.4 is 9.62 Å². The Morgan fingerprint density at radius 3 is 2.36 bits per heavy atom. The molecule has 33 heavy (non-hydrogen) atoms. The zero-order valence-electron chi connectivity index (χ0n) is 18.0. The number of nitro groups is 1. The molecule has 0 fully saturated rings. The number of hydrogen-bond acceptors (Lipinski definition) is 6. The molecule has 0 saturated heterocycles. The van der Waals surface area contributed by atoms with Gasteiger partial charge in [0.05, 0.1) is 16.9 Å². The molecule has 0 unspecified atom stereocenters. The standard InChI is InChI=1S/C23H24N4O5S/c1-33(31,32)26(21-4-2-5-22(17-21)27(29)30)15-3-6-23(28)25-20-9-7-18(8-10-20)16-19-11-13-24-14-12-19/h2,4-5,7-14,17H,3,6,15-16H2,1H3,(H,25,28). The first-order valence-corrected chi connectivity index (χ1v) is 12.1. The van der Waals surface area contributed by atoms with Crippen LogP contribution in [0.1, 0.15) is 24.0 Å². The predicted octanol–water partition coefficient (Wildman–Crippen LogP) is 3.77. The van der Waals surface area contributed by atoms with Gasteiger partial charge in [-0.2, -0.15) is 0 Å². The van der Waals surface area contributed by atoms with E-state index in [-0.39, 0.29) is 36.7 Å². The number of amides is 1. The molecule has 1 amide bonds. The number of nitrogens with zero attached hydrogens (tertiary/aromatic N) is 3. The predicted molar refractivity (Wildman–Crippen MR) is 127 cm³/mol. The largest absolute Gasteiger partial charge is 0.326 e. The summed E-state index contributed by atoms with van der Waals surface area (Å²) in [7, 11) is -3.67. The summed E-state index contributed by atoms with van der Waals surface area (Å²) in [6.07, 6.45) is 5.62. The minimum Gasteiger partial charge on any atom is -0.326 e. The SMILES string of the molecule is CS(=O)(=O)N(CCCC(=O)Nc1ccc(Cc2ccncc2)cc1)c1cccc([N+](=O)[O-])c1. The average Bonchev–Trinajstić information content (AvgIpc) is 2.78. The molecule has 0 radical (unpaired) electrons. The number of non-ortho nitro benzene ring substituents is 1. The van der Waals surface area contributed by atoms with E-state index >= 15 is 0 Å². The molecule has 172 valence electrons. The van der Waals surface area contributed by atoms with Crippen LogP contribution in [0.3, 0.4) is 0 Å².